The van der Waals surface area contributed by atoms with E-state index in [0.717, 1.165) is 0 Å². The van der Waals surface area contributed by atoms with Crippen molar-refractivity contribution in [3.05, 3.63) is 11.6 Å². The van der Waals surface area contributed by atoms with Gasteiger partial charge in [-0.15, -0.1) is 0 Å². The summed E-state index contributed by atoms with van der Waals surface area (Å²) in [5.41, 5.74) is 0.502. The zero-order valence-corrected chi connectivity index (χ0v) is 7.55. The highest BCUT2D eigenvalue weighted by atomic mass is 16.4. The molecular weight excluding hydrogens is 152 g/mol. The maximum Gasteiger partial charge on any atom is 0.330 e. The molecule has 0 bridgehead atoms. The fraction of sp³-hybridized carbons (Fsp3) is 0.700. The van der Waals surface area contributed by atoms with Crippen LogP contribution in [-0.4, -0.2) is 11.1 Å². The van der Waals surface area contributed by atoms with Crippen LogP contribution in [0.2, 0.25) is 0 Å². The molecule has 1 N–H and O–H groups in total. The van der Waals surface area contributed by atoms with E-state index in [2.05, 4.69) is 0 Å². The molecule has 0 aromatic rings. The first kappa shape index (κ1) is 9.30. The van der Waals surface area contributed by atoms with Gasteiger partial charge in [-0.05, 0) is 25.7 Å². The molecule has 1 aliphatic carbocycles. The molecule has 1 rings (SSSR count). The quantitative estimate of drug-likeness (QED) is 0.643. The monoisotopic (exact) mass is 168 g/mol. The average molecular weight is 168 g/mol. The molecule has 0 aromatic heterocycles. The minimum Gasteiger partial charge on any atom is -0.478 e. The fourth-order valence-electron chi connectivity index (χ4n) is 1.73. The number of allylic oxidation sites excluding steroid dienone is 1. The van der Waals surface area contributed by atoms with Gasteiger partial charge in [-0.3, -0.25) is 0 Å². The third kappa shape index (κ3) is 2.68. The van der Waals surface area contributed by atoms with E-state index in [0.29, 0.717) is 11.5 Å². The van der Waals surface area contributed by atoms with Gasteiger partial charge >= 0.3 is 5.97 Å². The third-order valence-corrected chi connectivity index (χ3v) is 2.47. The van der Waals surface area contributed by atoms with Gasteiger partial charge in [-0.1, -0.05) is 25.3 Å². The van der Waals surface area contributed by atoms with Gasteiger partial charge in [0.05, 0.1) is 0 Å². The second-order valence-electron chi connectivity index (χ2n) is 3.55. The van der Waals surface area contributed by atoms with Crippen LogP contribution in [-0.2, 0) is 4.79 Å². The molecule has 0 amide bonds. The third-order valence-electron chi connectivity index (χ3n) is 2.47. The molecule has 0 aromatic carbocycles. The first-order valence-corrected chi connectivity index (χ1v) is 4.62. The highest BCUT2D eigenvalue weighted by molar-refractivity contribution is 5.85. The SMILES string of the molecule is CC(=CC1CCCCC1)C(=O)O. The number of carboxylic acid groups (broad SMARTS) is 1. The molecule has 0 radical (unpaired) electrons. The lowest BCUT2D eigenvalue weighted by atomic mass is 9.88. The van der Waals surface area contributed by atoms with Crippen LogP contribution in [0.5, 0.6) is 0 Å². The van der Waals surface area contributed by atoms with E-state index in [1.54, 1.807) is 6.92 Å². The minimum absolute atomic E-state index is 0.502. The highest BCUT2D eigenvalue weighted by Crippen LogP contribution is 2.25. The Bertz CT molecular complexity index is 188. The van der Waals surface area contributed by atoms with Gasteiger partial charge in [0.15, 0.2) is 0 Å². The van der Waals surface area contributed by atoms with Gasteiger partial charge in [-0.2, -0.15) is 0 Å². The molecule has 0 atom stereocenters. The first-order valence-electron chi connectivity index (χ1n) is 4.62. The molecule has 2 heteroatoms. The highest BCUT2D eigenvalue weighted by Gasteiger charge is 2.12. The minimum atomic E-state index is -0.777. The van der Waals surface area contributed by atoms with Crippen LogP contribution in [0.1, 0.15) is 39.0 Å². The maximum absolute atomic E-state index is 10.5. The summed E-state index contributed by atoms with van der Waals surface area (Å²) in [5, 5.41) is 8.64. The summed E-state index contributed by atoms with van der Waals surface area (Å²) in [6.45, 7) is 1.68. The Morgan fingerprint density at radius 3 is 2.42 bits per heavy atom. The molecule has 0 unspecified atom stereocenters. The van der Waals surface area contributed by atoms with E-state index in [-0.39, 0.29) is 0 Å². The Morgan fingerprint density at radius 1 is 1.33 bits per heavy atom. The standard InChI is InChI=1S/C10H16O2/c1-8(10(11)12)7-9-5-3-2-4-6-9/h7,9H,2-6H2,1H3,(H,11,12). The molecule has 2 nitrogen and oxygen atoms in total. The molecule has 0 heterocycles. The Kier molecular flexibility index (Phi) is 3.32. The summed E-state index contributed by atoms with van der Waals surface area (Å²) < 4.78 is 0. The number of hydrogen-bond acceptors (Lipinski definition) is 1. The smallest absolute Gasteiger partial charge is 0.330 e. The number of carbonyl (C=O) groups is 1. The van der Waals surface area contributed by atoms with E-state index >= 15 is 0 Å². The molecule has 0 aliphatic heterocycles. The van der Waals surface area contributed by atoms with Crippen LogP contribution in [0, 0.1) is 5.92 Å². The Balaban J connectivity index is 2.47. The first-order chi connectivity index (χ1) is 5.70. The maximum atomic E-state index is 10.5. The van der Waals surface area contributed by atoms with Gasteiger partial charge in [0.1, 0.15) is 0 Å². The van der Waals surface area contributed by atoms with Crippen molar-refractivity contribution in [2.24, 2.45) is 5.92 Å². The number of hydrogen-bond donors (Lipinski definition) is 1. The zero-order chi connectivity index (χ0) is 8.97. The van der Waals surface area contributed by atoms with Crippen molar-refractivity contribution in [1.29, 1.82) is 0 Å². The lowest BCUT2D eigenvalue weighted by Gasteiger charge is -2.18. The number of rotatable bonds is 2. The van der Waals surface area contributed by atoms with Gasteiger partial charge in [0, 0.05) is 5.57 Å². The Morgan fingerprint density at radius 2 is 1.92 bits per heavy atom. The topological polar surface area (TPSA) is 37.3 Å². The molecule has 1 saturated carbocycles. The summed E-state index contributed by atoms with van der Waals surface area (Å²) >= 11 is 0. The summed E-state index contributed by atoms with van der Waals surface area (Å²) in [7, 11) is 0. The molecular formula is C10H16O2. The summed E-state index contributed by atoms with van der Waals surface area (Å²) in [6, 6.07) is 0. The van der Waals surface area contributed by atoms with Crippen LogP contribution in [0.4, 0.5) is 0 Å². The fourth-order valence-corrected chi connectivity index (χ4v) is 1.73. The van der Waals surface area contributed by atoms with Gasteiger partial charge in [-0.25, -0.2) is 4.79 Å². The second-order valence-corrected chi connectivity index (χ2v) is 3.55. The van der Waals surface area contributed by atoms with Gasteiger partial charge in [0.2, 0.25) is 0 Å². The van der Waals surface area contributed by atoms with Crippen LogP contribution in [0.3, 0.4) is 0 Å². The van der Waals surface area contributed by atoms with Crippen molar-refractivity contribution in [3.8, 4) is 0 Å². The lowest BCUT2D eigenvalue weighted by Crippen LogP contribution is -2.06. The van der Waals surface area contributed by atoms with Crippen LogP contribution in [0.15, 0.2) is 11.6 Å². The summed E-state index contributed by atoms with van der Waals surface area (Å²) in [6.07, 6.45) is 8.09. The van der Waals surface area contributed by atoms with Crippen molar-refractivity contribution in [2.75, 3.05) is 0 Å². The van der Waals surface area contributed by atoms with Gasteiger partial charge in [0.25, 0.3) is 0 Å². The van der Waals surface area contributed by atoms with Crippen molar-refractivity contribution in [1.82, 2.24) is 0 Å². The van der Waals surface area contributed by atoms with Gasteiger partial charge < -0.3 is 5.11 Å². The molecule has 0 saturated heterocycles. The second kappa shape index (κ2) is 4.29. The van der Waals surface area contributed by atoms with E-state index < -0.39 is 5.97 Å². The molecule has 1 fully saturated rings. The average Bonchev–Trinajstić information content (AvgIpc) is 2.06. The molecule has 68 valence electrons. The van der Waals surface area contributed by atoms with E-state index in [1.165, 1.54) is 32.1 Å². The molecule has 12 heavy (non-hydrogen) atoms. The largest absolute Gasteiger partial charge is 0.478 e. The van der Waals surface area contributed by atoms with Crippen molar-refractivity contribution < 1.29 is 9.90 Å². The predicted molar refractivity (Wildman–Crippen MR) is 48.0 cm³/mol. The van der Waals surface area contributed by atoms with Crippen molar-refractivity contribution in [2.45, 2.75) is 39.0 Å². The zero-order valence-electron chi connectivity index (χ0n) is 7.55. The van der Waals surface area contributed by atoms with E-state index in [1.807, 2.05) is 6.08 Å². The van der Waals surface area contributed by atoms with Crippen LogP contribution >= 0.6 is 0 Å². The predicted octanol–water partition coefficient (Wildman–Crippen LogP) is 2.60. The van der Waals surface area contributed by atoms with Crippen LogP contribution in [0.25, 0.3) is 0 Å². The Hall–Kier alpha value is -0.790. The van der Waals surface area contributed by atoms with E-state index in [4.69, 9.17) is 5.11 Å². The molecule has 0 spiro atoms. The van der Waals surface area contributed by atoms with E-state index in [9.17, 15) is 4.79 Å². The summed E-state index contributed by atoms with van der Waals surface area (Å²) in [5.74, 6) is -0.254. The lowest BCUT2D eigenvalue weighted by molar-refractivity contribution is -0.132. The van der Waals surface area contributed by atoms with Crippen molar-refractivity contribution >= 4 is 5.97 Å². The molecule has 1 aliphatic rings. The number of aliphatic carboxylic acids is 1. The normalized spacial score (nSPS) is 20.9. The van der Waals surface area contributed by atoms with Crippen LogP contribution < -0.4 is 0 Å². The Labute approximate surface area is 73.3 Å². The summed E-state index contributed by atoms with van der Waals surface area (Å²) in [4.78, 5) is 10.5. The van der Waals surface area contributed by atoms with Crippen molar-refractivity contribution in [3.63, 3.8) is 0 Å². The number of carboxylic acids is 1.